The first kappa shape index (κ1) is 18.5. The highest BCUT2D eigenvalue weighted by Crippen LogP contribution is 2.29. The van der Waals surface area contributed by atoms with Crippen LogP contribution in [0.2, 0.25) is 0 Å². The summed E-state index contributed by atoms with van der Waals surface area (Å²) < 4.78 is 5.18. The Morgan fingerprint density at radius 3 is 2.70 bits per heavy atom. The van der Waals surface area contributed by atoms with Gasteiger partial charge in [0.05, 0.1) is 6.61 Å². The molecule has 1 aromatic rings. The Labute approximate surface area is 138 Å². The molecule has 0 aliphatic carbocycles. The molecule has 23 heavy (non-hydrogen) atoms. The maximum Gasteiger partial charge on any atom is 0.248 e. The average Bonchev–Trinajstić information content (AvgIpc) is 2.50. The van der Waals surface area contributed by atoms with Gasteiger partial charge in [0, 0.05) is 23.9 Å². The zero-order valence-corrected chi connectivity index (χ0v) is 14.3. The molecule has 0 radical (unpaired) electrons. The van der Waals surface area contributed by atoms with Gasteiger partial charge in [0.25, 0.3) is 0 Å². The van der Waals surface area contributed by atoms with Crippen LogP contribution in [0.5, 0.6) is 5.88 Å². The van der Waals surface area contributed by atoms with Gasteiger partial charge in [-0.25, -0.2) is 0 Å². The van der Waals surface area contributed by atoms with Crippen LogP contribution in [0, 0.1) is 5.41 Å². The van der Waals surface area contributed by atoms with Gasteiger partial charge >= 0.3 is 0 Å². The lowest BCUT2D eigenvalue weighted by atomic mass is 9.95. The maximum absolute atomic E-state index is 8.04. The fourth-order valence-corrected chi connectivity index (χ4v) is 2.05. The van der Waals surface area contributed by atoms with Crippen molar-refractivity contribution < 1.29 is 9.57 Å². The number of pyridine rings is 1. The van der Waals surface area contributed by atoms with Crippen molar-refractivity contribution in [2.24, 2.45) is 0 Å². The molecular weight excluding hydrogens is 292 g/mol. The number of aromatic nitrogens is 1. The highest BCUT2D eigenvalue weighted by molar-refractivity contribution is 6.02. The van der Waals surface area contributed by atoms with Gasteiger partial charge in [-0.05, 0) is 31.9 Å². The molecule has 6 heteroatoms. The molecule has 0 aliphatic heterocycles. The third-order valence-electron chi connectivity index (χ3n) is 3.03. The topological polar surface area (TPSA) is 79.3 Å². The van der Waals surface area contributed by atoms with Crippen LogP contribution in [0.4, 0.5) is 5.82 Å². The van der Waals surface area contributed by atoms with E-state index < -0.39 is 0 Å². The largest absolute Gasteiger partial charge is 0.478 e. The Bertz CT molecular complexity index is 582. The fourth-order valence-electron chi connectivity index (χ4n) is 2.05. The SMILES string of the molecule is C=CCNc1nc(ONC(=C)OCC)cc(C(C)C)c1C(C)=N. The summed E-state index contributed by atoms with van der Waals surface area (Å²) in [6.45, 7) is 16.2. The van der Waals surface area contributed by atoms with Crippen LogP contribution in [-0.2, 0) is 4.74 Å². The molecule has 6 nitrogen and oxygen atoms in total. The summed E-state index contributed by atoms with van der Waals surface area (Å²) in [6.07, 6.45) is 1.74. The quantitative estimate of drug-likeness (QED) is 0.266. The predicted octanol–water partition coefficient (Wildman–Crippen LogP) is 3.58. The van der Waals surface area contributed by atoms with Crippen LogP contribution in [0.15, 0.2) is 31.2 Å². The minimum atomic E-state index is 0.218. The first-order valence-corrected chi connectivity index (χ1v) is 7.60. The van der Waals surface area contributed by atoms with Crippen molar-refractivity contribution in [1.82, 2.24) is 10.5 Å². The van der Waals surface area contributed by atoms with Crippen LogP contribution in [0.1, 0.15) is 44.7 Å². The van der Waals surface area contributed by atoms with Gasteiger partial charge in [-0.1, -0.05) is 19.9 Å². The van der Waals surface area contributed by atoms with E-state index in [1.165, 1.54) is 0 Å². The Morgan fingerprint density at radius 2 is 2.17 bits per heavy atom. The van der Waals surface area contributed by atoms with Crippen molar-refractivity contribution in [3.05, 3.63) is 42.3 Å². The lowest BCUT2D eigenvalue weighted by Crippen LogP contribution is -2.21. The number of hydrogen-bond acceptors (Lipinski definition) is 6. The Kier molecular flexibility index (Phi) is 7.12. The van der Waals surface area contributed by atoms with E-state index in [9.17, 15) is 0 Å². The molecule has 3 N–H and O–H groups in total. The van der Waals surface area contributed by atoms with E-state index in [2.05, 4.69) is 42.8 Å². The summed E-state index contributed by atoms with van der Waals surface area (Å²) in [7, 11) is 0. The van der Waals surface area contributed by atoms with Crippen molar-refractivity contribution in [1.29, 1.82) is 5.41 Å². The van der Waals surface area contributed by atoms with E-state index in [1.807, 2.05) is 13.0 Å². The van der Waals surface area contributed by atoms with Crippen LogP contribution in [0.25, 0.3) is 0 Å². The number of ether oxygens (including phenoxy) is 1. The number of anilines is 1. The third kappa shape index (κ3) is 5.32. The van der Waals surface area contributed by atoms with Crippen molar-refractivity contribution in [2.75, 3.05) is 18.5 Å². The Hall–Kier alpha value is -2.50. The zero-order chi connectivity index (χ0) is 17.4. The Morgan fingerprint density at radius 1 is 1.48 bits per heavy atom. The van der Waals surface area contributed by atoms with Crippen molar-refractivity contribution in [3.8, 4) is 5.88 Å². The molecule has 0 aliphatic rings. The second-order valence-corrected chi connectivity index (χ2v) is 5.28. The smallest absolute Gasteiger partial charge is 0.248 e. The van der Waals surface area contributed by atoms with Gasteiger partial charge in [-0.2, -0.15) is 10.5 Å². The Balaban J connectivity index is 3.16. The fraction of sp³-hybridized carbons (Fsp3) is 0.412. The molecule has 0 aromatic carbocycles. The molecule has 1 aromatic heterocycles. The molecule has 0 unspecified atom stereocenters. The zero-order valence-electron chi connectivity index (χ0n) is 14.3. The molecule has 0 spiro atoms. The molecule has 0 amide bonds. The molecule has 0 bridgehead atoms. The summed E-state index contributed by atoms with van der Waals surface area (Å²) in [5.41, 5.74) is 4.84. The van der Waals surface area contributed by atoms with Gasteiger partial charge in [0.2, 0.25) is 11.8 Å². The van der Waals surface area contributed by atoms with Gasteiger partial charge < -0.3 is 20.3 Å². The van der Waals surface area contributed by atoms with E-state index in [1.54, 1.807) is 13.0 Å². The maximum atomic E-state index is 8.04. The van der Waals surface area contributed by atoms with E-state index in [-0.39, 0.29) is 5.92 Å². The molecular formula is C17H26N4O2. The van der Waals surface area contributed by atoms with E-state index in [0.717, 1.165) is 11.1 Å². The molecule has 0 fully saturated rings. The minimum absolute atomic E-state index is 0.218. The summed E-state index contributed by atoms with van der Waals surface area (Å²) in [5.74, 6) is 1.51. The predicted molar refractivity (Wildman–Crippen MR) is 94.0 cm³/mol. The first-order valence-electron chi connectivity index (χ1n) is 7.60. The molecule has 0 atom stereocenters. The number of hydroxylamine groups is 1. The normalized spacial score (nSPS) is 10.1. The summed E-state index contributed by atoms with van der Waals surface area (Å²) in [5, 5.41) is 11.2. The van der Waals surface area contributed by atoms with E-state index in [4.69, 9.17) is 15.0 Å². The number of nitrogens with zero attached hydrogens (tertiary/aromatic N) is 1. The number of hydrogen-bond donors (Lipinski definition) is 3. The van der Waals surface area contributed by atoms with Crippen LogP contribution in [0.3, 0.4) is 0 Å². The average molecular weight is 318 g/mol. The molecule has 126 valence electrons. The highest BCUT2D eigenvalue weighted by atomic mass is 16.7. The lowest BCUT2D eigenvalue weighted by molar-refractivity contribution is 0.111. The number of nitrogens with one attached hydrogen (secondary N) is 3. The second-order valence-electron chi connectivity index (χ2n) is 5.28. The van der Waals surface area contributed by atoms with Gasteiger partial charge in [0.15, 0.2) is 0 Å². The van der Waals surface area contributed by atoms with Gasteiger partial charge in [0.1, 0.15) is 5.82 Å². The summed E-state index contributed by atoms with van der Waals surface area (Å²) >= 11 is 0. The molecule has 0 saturated heterocycles. The molecule has 0 saturated carbocycles. The van der Waals surface area contributed by atoms with Crippen LogP contribution < -0.4 is 15.6 Å². The van der Waals surface area contributed by atoms with E-state index in [0.29, 0.717) is 36.4 Å². The van der Waals surface area contributed by atoms with Crippen LogP contribution >= 0.6 is 0 Å². The number of rotatable bonds is 10. The highest BCUT2D eigenvalue weighted by Gasteiger charge is 2.17. The van der Waals surface area contributed by atoms with Gasteiger partial charge in [-0.3, -0.25) is 0 Å². The monoisotopic (exact) mass is 318 g/mol. The third-order valence-corrected chi connectivity index (χ3v) is 3.03. The van der Waals surface area contributed by atoms with Crippen molar-refractivity contribution in [2.45, 2.75) is 33.6 Å². The molecule has 1 heterocycles. The second kappa shape index (κ2) is 8.82. The van der Waals surface area contributed by atoms with Gasteiger partial charge in [-0.15, -0.1) is 6.58 Å². The van der Waals surface area contributed by atoms with Crippen LogP contribution in [-0.4, -0.2) is 23.8 Å². The standard InChI is InChI=1S/C17H26N4O2/c1-7-9-19-17-16(12(5)18)14(11(3)4)10-15(20-17)23-21-13(6)22-8-2/h7,10-11,18,21H,1,6,8-9H2,2-5H3,(H,19,20). The van der Waals surface area contributed by atoms with Crippen molar-refractivity contribution >= 4 is 11.5 Å². The lowest BCUT2D eigenvalue weighted by Gasteiger charge is -2.19. The minimum Gasteiger partial charge on any atom is -0.478 e. The summed E-state index contributed by atoms with van der Waals surface area (Å²) in [6, 6.07) is 1.82. The first-order chi connectivity index (χ1) is 10.9. The van der Waals surface area contributed by atoms with E-state index >= 15 is 0 Å². The van der Waals surface area contributed by atoms with Crippen molar-refractivity contribution in [3.63, 3.8) is 0 Å². The molecule has 1 rings (SSSR count). The summed E-state index contributed by atoms with van der Waals surface area (Å²) in [4.78, 5) is 9.87.